The number of amides is 1. The maximum absolute atomic E-state index is 11.1. The zero-order valence-corrected chi connectivity index (χ0v) is 13.5. The van der Waals surface area contributed by atoms with Gasteiger partial charge in [0.1, 0.15) is 5.75 Å². The van der Waals surface area contributed by atoms with Crippen LogP contribution in [0.4, 0.5) is 4.79 Å². The summed E-state index contributed by atoms with van der Waals surface area (Å²) in [6, 6.07) is 9.85. The van der Waals surface area contributed by atoms with Gasteiger partial charge in [0.25, 0.3) is 0 Å². The van der Waals surface area contributed by atoms with Crippen molar-refractivity contribution < 1.29 is 14.6 Å². The second kappa shape index (κ2) is 7.27. The first-order valence-corrected chi connectivity index (χ1v) is 7.87. The lowest BCUT2D eigenvalue weighted by atomic mass is 10.1. The zero-order valence-electron chi connectivity index (χ0n) is 13.5. The van der Waals surface area contributed by atoms with Gasteiger partial charge in [-0.15, -0.1) is 0 Å². The Morgan fingerprint density at radius 3 is 2.79 bits per heavy atom. The van der Waals surface area contributed by atoms with E-state index in [9.17, 15) is 4.79 Å². The molecule has 0 spiro atoms. The summed E-state index contributed by atoms with van der Waals surface area (Å²) in [5.74, 6) is 0.691. The average molecular weight is 328 g/mol. The van der Waals surface area contributed by atoms with Gasteiger partial charge in [-0.3, -0.25) is 4.90 Å². The summed E-state index contributed by atoms with van der Waals surface area (Å²) in [5.41, 5.74) is 1.11. The highest BCUT2D eigenvalue weighted by Gasteiger charge is 2.26. The van der Waals surface area contributed by atoms with Gasteiger partial charge >= 0.3 is 12.1 Å². The number of carboxylic acid groups (broad SMARTS) is 1. The van der Waals surface area contributed by atoms with Crippen molar-refractivity contribution in [2.45, 2.75) is 19.5 Å². The molecule has 1 saturated heterocycles. The third-order valence-electron chi connectivity index (χ3n) is 4.01. The Bertz CT molecular complexity index is 695. The minimum Gasteiger partial charge on any atom is -0.465 e. The zero-order chi connectivity index (χ0) is 16.9. The fourth-order valence-corrected chi connectivity index (χ4v) is 2.87. The molecule has 1 atom stereocenters. The molecule has 1 amide bonds. The van der Waals surface area contributed by atoms with E-state index in [1.807, 2.05) is 31.2 Å². The summed E-state index contributed by atoms with van der Waals surface area (Å²) in [4.78, 5) is 23.0. The van der Waals surface area contributed by atoms with Crippen LogP contribution in [-0.4, -0.2) is 56.6 Å². The molecule has 7 heteroatoms. The largest absolute Gasteiger partial charge is 0.465 e. The number of nitrogens with zero attached hydrogens (tertiary/aromatic N) is 4. The predicted molar refractivity (Wildman–Crippen MR) is 88.0 cm³/mol. The number of piperazine rings is 1. The van der Waals surface area contributed by atoms with Gasteiger partial charge in [0.15, 0.2) is 0 Å². The van der Waals surface area contributed by atoms with Crippen LogP contribution < -0.4 is 4.74 Å². The molecule has 0 aliphatic carbocycles. The smallest absolute Gasteiger partial charge is 0.407 e. The van der Waals surface area contributed by atoms with Crippen LogP contribution in [0.15, 0.2) is 42.7 Å². The molecule has 24 heavy (non-hydrogen) atoms. The van der Waals surface area contributed by atoms with Gasteiger partial charge in [0.2, 0.25) is 0 Å². The lowest BCUT2D eigenvalue weighted by molar-refractivity contribution is 0.0711. The Kier molecular flexibility index (Phi) is 4.90. The minimum atomic E-state index is -0.847. The number of benzene rings is 1. The van der Waals surface area contributed by atoms with E-state index < -0.39 is 6.09 Å². The van der Waals surface area contributed by atoms with Crippen LogP contribution in [0.5, 0.6) is 11.8 Å². The lowest BCUT2D eigenvalue weighted by Gasteiger charge is -2.38. The number of hydrogen-bond donors (Lipinski definition) is 1. The third-order valence-corrected chi connectivity index (χ3v) is 4.01. The molecule has 2 heterocycles. The molecule has 1 aromatic heterocycles. The van der Waals surface area contributed by atoms with Crippen LogP contribution in [0.2, 0.25) is 0 Å². The molecule has 1 unspecified atom stereocenters. The Morgan fingerprint density at radius 1 is 1.29 bits per heavy atom. The Labute approximate surface area is 140 Å². The lowest BCUT2D eigenvalue weighted by Crippen LogP contribution is -2.53. The number of carbonyl (C=O) groups is 1. The second-order valence-corrected chi connectivity index (χ2v) is 5.84. The summed E-state index contributed by atoms with van der Waals surface area (Å²) >= 11 is 0. The van der Waals surface area contributed by atoms with Crippen LogP contribution in [0.1, 0.15) is 12.5 Å². The van der Waals surface area contributed by atoms with Crippen LogP contribution in [-0.2, 0) is 6.54 Å². The van der Waals surface area contributed by atoms with Crippen molar-refractivity contribution in [3.05, 3.63) is 48.3 Å². The third kappa shape index (κ3) is 3.99. The van der Waals surface area contributed by atoms with E-state index in [2.05, 4.69) is 14.9 Å². The van der Waals surface area contributed by atoms with Gasteiger partial charge < -0.3 is 14.7 Å². The molecule has 0 bridgehead atoms. The maximum atomic E-state index is 11.1. The second-order valence-electron chi connectivity index (χ2n) is 5.84. The Balaban J connectivity index is 1.62. The van der Waals surface area contributed by atoms with Crippen LogP contribution in [0.3, 0.4) is 0 Å². The topological polar surface area (TPSA) is 78.8 Å². The number of hydrogen-bond acceptors (Lipinski definition) is 5. The Hall–Kier alpha value is -2.67. The SMILES string of the molecule is CC1CN(Cc2cccc(Oc3ncccn3)c2)CCN1C(=O)O. The van der Waals surface area contributed by atoms with Crippen molar-refractivity contribution in [2.24, 2.45) is 0 Å². The number of aromatic nitrogens is 2. The fourth-order valence-electron chi connectivity index (χ4n) is 2.87. The summed E-state index contributed by atoms with van der Waals surface area (Å²) < 4.78 is 5.65. The number of rotatable bonds is 4. The normalized spacial score (nSPS) is 18.4. The molecule has 1 fully saturated rings. The molecule has 7 nitrogen and oxygen atoms in total. The van der Waals surface area contributed by atoms with Crippen molar-refractivity contribution in [1.82, 2.24) is 19.8 Å². The molecule has 1 aliphatic heterocycles. The fraction of sp³-hybridized carbons (Fsp3) is 0.353. The molecule has 1 aliphatic rings. The molecular weight excluding hydrogens is 308 g/mol. The maximum Gasteiger partial charge on any atom is 0.407 e. The predicted octanol–water partition coefficient (Wildman–Crippen LogP) is 2.45. The van der Waals surface area contributed by atoms with Crippen molar-refractivity contribution in [1.29, 1.82) is 0 Å². The summed E-state index contributed by atoms with van der Waals surface area (Å²) in [6.07, 6.45) is 2.42. The van der Waals surface area contributed by atoms with Crippen molar-refractivity contribution in [2.75, 3.05) is 19.6 Å². The van der Waals surface area contributed by atoms with Crippen LogP contribution in [0.25, 0.3) is 0 Å². The van der Waals surface area contributed by atoms with E-state index >= 15 is 0 Å². The van der Waals surface area contributed by atoms with Gasteiger partial charge in [-0.25, -0.2) is 14.8 Å². The van der Waals surface area contributed by atoms with E-state index in [-0.39, 0.29) is 6.04 Å². The standard InChI is InChI=1S/C17H20N4O3/c1-13-11-20(8-9-21(13)17(22)23)12-14-4-2-5-15(10-14)24-16-18-6-3-7-19-16/h2-7,10,13H,8-9,11-12H2,1H3,(H,22,23). The van der Waals surface area contributed by atoms with Gasteiger partial charge in [0.05, 0.1) is 0 Å². The summed E-state index contributed by atoms with van der Waals surface area (Å²) in [6.45, 7) is 4.67. The molecule has 3 rings (SSSR count). The molecule has 1 aromatic carbocycles. The molecular formula is C17H20N4O3. The van der Waals surface area contributed by atoms with Gasteiger partial charge in [-0.1, -0.05) is 12.1 Å². The summed E-state index contributed by atoms with van der Waals surface area (Å²) in [7, 11) is 0. The molecule has 126 valence electrons. The first-order chi connectivity index (χ1) is 11.6. The van der Waals surface area contributed by atoms with Crippen LogP contribution in [0, 0.1) is 0 Å². The average Bonchev–Trinajstić information content (AvgIpc) is 2.56. The van der Waals surface area contributed by atoms with E-state index in [0.29, 0.717) is 18.3 Å². The molecule has 0 radical (unpaired) electrons. The summed E-state index contributed by atoms with van der Waals surface area (Å²) in [5, 5.41) is 9.14. The highest BCUT2D eigenvalue weighted by molar-refractivity contribution is 5.65. The van der Waals surface area contributed by atoms with Crippen molar-refractivity contribution in [3.63, 3.8) is 0 Å². The quantitative estimate of drug-likeness (QED) is 0.929. The van der Waals surface area contributed by atoms with Crippen molar-refractivity contribution in [3.8, 4) is 11.8 Å². The van der Waals surface area contributed by atoms with E-state index in [4.69, 9.17) is 9.84 Å². The van der Waals surface area contributed by atoms with Gasteiger partial charge in [-0.05, 0) is 30.7 Å². The Morgan fingerprint density at radius 2 is 2.08 bits per heavy atom. The first-order valence-electron chi connectivity index (χ1n) is 7.87. The van der Waals surface area contributed by atoms with E-state index in [1.54, 1.807) is 18.5 Å². The van der Waals surface area contributed by atoms with Crippen LogP contribution >= 0.6 is 0 Å². The minimum absolute atomic E-state index is 0.00611. The van der Waals surface area contributed by atoms with E-state index in [0.717, 1.165) is 25.2 Å². The molecule has 2 aromatic rings. The highest BCUT2D eigenvalue weighted by Crippen LogP contribution is 2.20. The van der Waals surface area contributed by atoms with Crippen molar-refractivity contribution >= 4 is 6.09 Å². The first kappa shape index (κ1) is 16.2. The number of ether oxygens (including phenoxy) is 1. The van der Waals surface area contributed by atoms with E-state index in [1.165, 1.54) is 4.90 Å². The highest BCUT2D eigenvalue weighted by atomic mass is 16.5. The molecule has 1 N–H and O–H groups in total. The molecule has 0 saturated carbocycles. The van der Waals surface area contributed by atoms with Gasteiger partial charge in [-0.2, -0.15) is 0 Å². The monoisotopic (exact) mass is 328 g/mol. The van der Waals surface area contributed by atoms with Gasteiger partial charge in [0, 0.05) is 44.6 Å².